The minimum atomic E-state index is 1.15. The van der Waals surface area contributed by atoms with Crippen molar-refractivity contribution in [2.24, 2.45) is 0 Å². The van der Waals surface area contributed by atoms with Crippen LogP contribution in [0.4, 0.5) is 0 Å². The minimum Gasteiger partial charge on any atom is -0.381 e. The zero-order chi connectivity index (χ0) is 7.98. The number of hydrogen-bond acceptors (Lipinski definition) is 1. The summed E-state index contributed by atoms with van der Waals surface area (Å²) < 4.78 is 0. The first-order valence-corrected chi connectivity index (χ1v) is 4.08. The third-order valence-electron chi connectivity index (χ3n) is 1.61. The van der Waals surface area contributed by atoms with Crippen LogP contribution >= 0.6 is 0 Å². The van der Waals surface area contributed by atoms with E-state index in [9.17, 15) is 0 Å². The van der Waals surface area contributed by atoms with Gasteiger partial charge in [0, 0.05) is 19.8 Å². The van der Waals surface area contributed by atoms with Gasteiger partial charge >= 0.3 is 0 Å². The van der Waals surface area contributed by atoms with Gasteiger partial charge in [-0.3, -0.25) is 0 Å². The van der Waals surface area contributed by atoms with Gasteiger partial charge in [-0.25, -0.2) is 0 Å². The molecule has 0 saturated heterocycles. The monoisotopic (exact) mass is 141 g/mol. The topological polar surface area (TPSA) is 3.24 Å². The van der Waals surface area contributed by atoms with Gasteiger partial charge < -0.3 is 4.90 Å². The lowest BCUT2D eigenvalue weighted by Crippen LogP contribution is -2.09. The second kappa shape index (κ2) is 5.33. The molecule has 0 spiro atoms. The summed E-state index contributed by atoms with van der Waals surface area (Å²) in [6, 6.07) is 0. The Balaban J connectivity index is 3.79. The Labute approximate surface area is 64.7 Å². The van der Waals surface area contributed by atoms with Crippen molar-refractivity contribution in [2.75, 3.05) is 14.1 Å². The molecular formula is C9H19N. The van der Waals surface area contributed by atoms with Gasteiger partial charge in [0.1, 0.15) is 0 Å². The van der Waals surface area contributed by atoms with Crippen LogP contribution in [-0.2, 0) is 0 Å². The van der Waals surface area contributed by atoms with Gasteiger partial charge in [-0.1, -0.05) is 26.3 Å². The molecule has 0 bridgehead atoms. The maximum atomic E-state index is 2.32. The molecule has 0 heterocycles. The predicted octanol–water partition coefficient (Wildman–Crippen LogP) is 2.64. The van der Waals surface area contributed by atoms with E-state index >= 15 is 0 Å². The van der Waals surface area contributed by atoms with Gasteiger partial charge in [0.05, 0.1) is 0 Å². The number of hydrogen-bond donors (Lipinski definition) is 0. The summed E-state index contributed by atoms with van der Waals surface area (Å²) >= 11 is 0. The van der Waals surface area contributed by atoms with Crippen LogP contribution in [0, 0.1) is 0 Å². The van der Waals surface area contributed by atoms with Gasteiger partial charge in [-0.2, -0.15) is 0 Å². The summed E-state index contributed by atoms with van der Waals surface area (Å²) in [6.45, 7) is 4.40. The SMILES string of the molecule is CCC/C=C(/CC)N(C)C. The van der Waals surface area contributed by atoms with Crippen molar-refractivity contribution in [1.82, 2.24) is 4.90 Å². The highest BCUT2D eigenvalue weighted by Gasteiger charge is 1.93. The number of nitrogens with zero attached hydrogens (tertiary/aromatic N) is 1. The molecule has 0 unspecified atom stereocenters. The fourth-order valence-corrected chi connectivity index (χ4v) is 0.954. The standard InChI is InChI=1S/C9H19N/c1-5-7-8-9(6-2)10(3)4/h8H,5-7H2,1-4H3/b9-8-. The summed E-state index contributed by atoms with van der Waals surface area (Å²) in [5, 5.41) is 0. The Bertz CT molecular complexity index is 103. The predicted molar refractivity (Wildman–Crippen MR) is 47.0 cm³/mol. The molecule has 60 valence electrons. The summed E-state index contributed by atoms with van der Waals surface area (Å²) in [7, 11) is 4.20. The van der Waals surface area contributed by atoms with Crippen LogP contribution in [0.5, 0.6) is 0 Å². The van der Waals surface area contributed by atoms with E-state index in [0.717, 1.165) is 6.42 Å². The van der Waals surface area contributed by atoms with Gasteiger partial charge in [0.25, 0.3) is 0 Å². The fraction of sp³-hybridized carbons (Fsp3) is 0.778. The average molecular weight is 141 g/mol. The molecule has 1 heteroatoms. The van der Waals surface area contributed by atoms with E-state index in [1.165, 1.54) is 18.5 Å². The van der Waals surface area contributed by atoms with Crippen LogP contribution in [0.25, 0.3) is 0 Å². The molecule has 0 radical (unpaired) electrons. The Kier molecular flexibility index (Phi) is 5.09. The van der Waals surface area contributed by atoms with Crippen LogP contribution in [0.1, 0.15) is 33.1 Å². The van der Waals surface area contributed by atoms with Crippen molar-refractivity contribution in [2.45, 2.75) is 33.1 Å². The fourth-order valence-electron chi connectivity index (χ4n) is 0.954. The molecule has 0 aromatic heterocycles. The molecule has 0 aliphatic carbocycles. The third kappa shape index (κ3) is 3.54. The first-order valence-electron chi connectivity index (χ1n) is 4.08. The van der Waals surface area contributed by atoms with Crippen LogP contribution in [-0.4, -0.2) is 19.0 Å². The molecular weight excluding hydrogens is 122 g/mol. The molecule has 0 aliphatic heterocycles. The lowest BCUT2D eigenvalue weighted by atomic mass is 10.2. The summed E-state index contributed by atoms with van der Waals surface area (Å²) in [5.74, 6) is 0. The maximum Gasteiger partial charge on any atom is 0.00841 e. The van der Waals surface area contributed by atoms with E-state index in [0.29, 0.717) is 0 Å². The zero-order valence-electron chi connectivity index (χ0n) is 7.65. The second-order valence-electron chi connectivity index (χ2n) is 2.73. The molecule has 0 saturated carbocycles. The zero-order valence-corrected chi connectivity index (χ0v) is 7.65. The summed E-state index contributed by atoms with van der Waals surface area (Å²) in [4.78, 5) is 2.19. The molecule has 10 heavy (non-hydrogen) atoms. The summed E-state index contributed by atoms with van der Waals surface area (Å²) in [6.07, 6.45) is 5.92. The van der Waals surface area contributed by atoms with E-state index in [-0.39, 0.29) is 0 Å². The number of allylic oxidation sites excluding steroid dienone is 2. The molecule has 0 aromatic rings. The molecule has 0 rings (SSSR count). The van der Waals surface area contributed by atoms with Crippen LogP contribution in [0.15, 0.2) is 11.8 Å². The highest BCUT2D eigenvalue weighted by atomic mass is 15.1. The minimum absolute atomic E-state index is 1.15. The molecule has 0 fully saturated rings. The van der Waals surface area contributed by atoms with Crippen LogP contribution in [0.2, 0.25) is 0 Å². The Morgan fingerprint density at radius 2 is 1.90 bits per heavy atom. The van der Waals surface area contributed by atoms with Crippen molar-refractivity contribution >= 4 is 0 Å². The van der Waals surface area contributed by atoms with E-state index in [1.54, 1.807) is 0 Å². The maximum absolute atomic E-state index is 2.32. The number of unbranched alkanes of at least 4 members (excludes halogenated alkanes) is 1. The smallest absolute Gasteiger partial charge is 0.00841 e. The highest BCUT2D eigenvalue weighted by molar-refractivity contribution is 4.97. The van der Waals surface area contributed by atoms with Crippen molar-refractivity contribution in [3.63, 3.8) is 0 Å². The molecule has 1 nitrogen and oxygen atoms in total. The van der Waals surface area contributed by atoms with Crippen LogP contribution in [0.3, 0.4) is 0 Å². The first-order chi connectivity index (χ1) is 4.72. The quantitative estimate of drug-likeness (QED) is 0.581. The normalized spacial score (nSPS) is 11.8. The van der Waals surface area contributed by atoms with Gasteiger partial charge in [-0.05, 0) is 12.8 Å². The largest absolute Gasteiger partial charge is 0.381 e. The molecule has 0 amide bonds. The van der Waals surface area contributed by atoms with Gasteiger partial charge in [-0.15, -0.1) is 0 Å². The first kappa shape index (κ1) is 9.54. The third-order valence-corrected chi connectivity index (χ3v) is 1.61. The average Bonchev–Trinajstić information content (AvgIpc) is 1.89. The van der Waals surface area contributed by atoms with E-state index in [2.05, 4.69) is 38.9 Å². The lowest BCUT2D eigenvalue weighted by molar-refractivity contribution is 0.490. The lowest BCUT2D eigenvalue weighted by Gasteiger charge is -2.15. The van der Waals surface area contributed by atoms with E-state index in [1.807, 2.05) is 0 Å². The van der Waals surface area contributed by atoms with Gasteiger partial charge in [0.15, 0.2) is 0 Å². The van der Waals surface area contributed by atoms with E-state index < -0.39 is 0 Å². The summed E-state index contributed by atoms with van der Waals surface area (Å²) in [5.41, 5.74) is 1.45. The molecule has 0 N–H and O–H groups in total. The number of rotatable bonds is 4. The molecule has 0 aliphatic rings. The molecule has 0 aromatic carbocycles. The van der Waals surface area contributed by atoms with Crippen molar-refractivity contribution in [1.29, 1.82) is 0 Å². The highest BCUT2D eigenvalue weighted by Crippen LogP contribution is 2.05. The Hall–Kier alpha value is -0.460. The second-order valence-corrected chi connectivity index (χ2v) is 2.73. The Morgan fingerprint density at radius 1 is 1.30 bits per heavy atom. The molecule has 0 atom stereocenters. The Morgan fingerprint density at radius 3 is 2.20 bits per heavy atom. The van der Waals surface area contributed by atoms with Gasteiger partial charge in [0.2, 0.25) is 0 Å². The van der Waals surface area contributed by atoms with Crippen molar-refractivity contribution < 1.29 is 0 Å². The van der Waals surface area contributed by atoms with Crippen molar-refractivity contribution in [3.8, 4) is 0 Å². The van der Waals surface area contributed by atoms with E-state index in [4.69, 9.17) is 0 Å². The van der Waals surface area contributed by atoms with Crippen molar-refractivity contribution in [3.05, 3.63) is 11.8 Å². The van der Waals surface area contributed by atoms with Crippen LogP contribution < -0.4 is 0 Å².